The summed E-state index contributed by atoms with van der Waals surface area (Å²) < 4.78 is 29.2. The minimum Gasteiger partial charge on any atom is -0.489 e. The molecule has 2 atom stereocenters. The molecule has 2 unspecified atom stereocenters. The molecular weight excluding hydrogens is 354 g/mol. The van der Waals surface area contributed by atoms with Gasteiger partial charge in [0.2, 0.25) is 10.0 Å². The van der Waals surface area contributed by atoms with E-state index >= 15 is 0 Å². The highest BCUT2D eigenvalue weighted by atomic mass is 32.2. The lowest BCUT2D eigenvalue weighted by Gasteiger charge is -2.22. The number of rotatable bonds is 5. The normalized spacial score (nSPS) is 22.5. The van der Waals surface area contributed by atoms with E-state index in [0.717, 1.165) is 19.4 Å². The number of fused-ring (bicyclic) bond motifs is 1. The third-order valence-corrected chi connectivity index (χ3v) is 5.72. The molecule has 3 N–H and O–H groups in total. The Balaban J connectivity index is 1.81. The first kappa shape index (κ1) is 18.7. The molecule has 7 nitrogen and oxygen atoms in total. The van der Waals surface area contributed by atoms with E-state index in [-0.39, 0.29) is 28.5 Å². The summed E-state index contributed by atoms with van der Waals surface area (Å²) in [6, 6.07) is 2.95. The molecule has 0 spiro atoms. The van der Waals surface area contributed by atoms with E-state index in [1.807, 2.05) is 6.92 Å². The van der Waals surface area contributed by atoms with E-state index < -0.39 is 10.0 Å². The number of benzene rings is 1. The highest BCUT2D eigenvalue weighted by Gasteiger charge is 2.29. The molecule has 3 rings (SSSR count). The number of amides is 1. The molecule has 0 radical (unpaired) electrons. The molecule has 1 saturated heterocycles. The van der Waals surface area contributed by atoms with Gasteiger partial charge in [-0.05, 0) is 44.0 Å². The molecule has 0 bridgehead atoms. The van der Waals surface area contributed by atoms with Gasteiger partial charge in [-0.3, -0.25) is 9.69 Å². The van der Waals surface area contributed by atoms with Crippen molar-refractivity contribution in [3.05, 3.63) is 23.3 Å². The number of ether oxygens (including phenoxy) is 1. The lowest BCUT2D eigenvalue weighted by molar-refractivity contribution is 0.0937. The lowest BCUT2D eigenvalue weighted by Crippen LogP contribution is -2.40. The van der Waals surface area contributed by atoms with Gasteiger partial charge in [0.25, 0.3) is 5.91 Å². The van der Waals surface area contributed by atoms with E-state index in [1.54, 1.807) is 0 Å². The zero-order chi connectivity index (χ0) is 18.9. The summed E-state index contributed by atoms with van der Waals surface area (Å²) in [5, 5.41) is 8.14. The van der Waals surface area contributed by atoms with Crippen molar-refractivity contribution in [3.8, 4) is 18.1 Å². The molecule has 0 saturated carbocycles. The molecule has 1 aromatic carbocycles. The molecule has 0 aliphatic carbocycles. The molecule has 2 heterocycles. The molecule has 26 heavy (non-hydrogen) atoms. The van der Waals surface area contributed by atoms with Crippen LogP contribution in [0.5, 0.6) is 5.75 Å². The second-order valence-electron chi connectivity index (χ2n) is 6.82. The van der Waals surface area contributed by atoms with Crippen LogP contribution in [0, 0.1) is 12.3 Å². The Hall–Kier alpha value is -2.08. The molecule has 0 aromatic heterocycles. The van der Waals surface area contributed by atoms with Crippen molar-refractivity contribution >= 4 is 15.9 Å². The van der Waals surface area contributed by atoms with Crippen molar-refractivity contribution in [1.82, 2.24) is 10.2 Å². The largest absolute Gasteiger partial charge is 0.489 e. The van der Waals surface area contributed by atoms with Crippen LogP contribution in [0.2, 0.25) is 0 Å². The Labute approximate surface area is 153 Å². The van der Waals surface area contributed by atoms with Crippen LogP contribution in [0.15, 0.2) is 17.0 Å². The maximum Gasteiger partial charge on any atom is 0.255 e. The summed E-state index contributed by atoms with van der Waals surface area (Å²) in [4.78, 5) is 14.8. The van der Waals surface area contributed by atoms with Gasteiger partial charge < -0.3 is 10.1 Å². The number of likely N-dealkylation sites (tertiary alicyclic amines) is 1. The first-order valence-corrected chi connectivity index (χ1v) is 10.2. The standard InChI is InChI=1S/C18H23N3O4S/c1-3-6-21-7-4-5-14(21)11-20-18(22)16-10-15(26(19,23)24)9-13-8-12(2)25-17(13)16/h1,9-10,12,14H,4-8,11H2,2H3,(H,20,22)(H2,19,23,24). The molecular formula is C18H23N3O4S. The number of sulfonamides is 1. The van der Waals surface area contributed by atoms with Crippen molar-refractivity contribution in [1.29, 1.82) is 0 Å². The van der Waals surface area contributed by atoms with Crippen LogP contribution in [0.1, 0.15) is 35.7 Å². The molecule has 2 aliphatic heterocycles. The topological polar surface area (TPSA) is 102 Å². The third kappa shape index (κ3) is 3.85. The van der Waals surface area contributed by atoms with Gasteiger partial charge in [0, 0.05) is 19.0 Å². The SMILES string of the molecule is C#CCN1CCCC1CNC(=O)c1cc(S(N)(=O)=O)cc2c1OC(C)C2. The van der Waals surface area contributed by atoms with E-state index in [2.05, 4.69) is 16.1 Å². The van der Waals surface area contributed by atoms with Crippen LogP contribution in [0.4, 0.5) is 0 Å². The Morgan fingerprint density at radius 3 is 2.96 bits per heavy atom. The number of hydrogen-bond acceptors (Lipinski definition) is 5. The molecule has 140 valence electrons. The predicted molar refractivity (Wildman–Crippen MR) is 97.4 cm³/mol. The minimum absolute atomic E-state index is 0.0751. The van der Waals surface area contributed by atoms with Crippen molar-refractivity contribution in [2.45, 2.75) is 43.2 Å². The zero-order valence-corrected chi connectivity index (χ0v) is 15.5. The number of nitrogens with one attached hydrogen (secondary N) is 1. The fourth-order valence-corrected chi connectivity index (χ4v) is 4.18. The second kappa shape index (κ2) is 7.27. The van der Waals surface area contributed by atoms with Crippen molar-refractivity contribution in [3.63, 3.8) is 0 Å². The van der Waals surface area contributed by atoms with Crippen molar-refractivity contribution in [2.24, 2.45) is 5.14 Å². The van der Waals surface area contributed by atoms with Gasteiger partial charge in [0.15, 0.2) is 0 Å². The quantitative estimate of drug-likeness (QED) is 0.727. The monoisotopic (exact) mass is 377 g/mol. The smallest absolute Gasteiger partial charge is 0.255 e. The summed E-state index contributed by atoms with van der Waals surface area (Å²) >= 11 is 0. The van der Waals surface area contributed by atoms with Gasteiger partial charge in [-0.25, -0.2) is 13.6 Å². The van der Waals surface area contributed by atoms with Crippen molar-refractivity contribution in [2.75, 3.05) is 19.6 Å². The number of carbonyl (C=O) groups excluding carboxylic acids is 1. The van der Waals surface area contributed by atoms with Crippen LogP contribution in [-0.4, -0.2) is 51.0 Å². The fourth-order valence-electron chi connectivity index (χ4n) is 3.59. The van der Waals surface area contributed by atoms with E-state index in [4.69, 9.17) is 16.3 Å². The summed E-state index contributed by atoms with van der Waals surface area (Å²) in [6.45, 7) is 3.79. The average Bonchev–Trinajstić information content (AvgIpc) is 3.16. The Morgan fingerprint density at radius 1 is 1.50 bits per heavy atom. The Bertz CT molecular complexity index is 860. The van der Waals surface area contributed by atoms with Gasteiger partial charge in [-0.15, -0.1) is 6.42 Å². The highest BCUT2D eigenvalue weighted by Crippen LogP contribution is 2.35. The number of nitrogens with two attached hydrogens (primary N) is 1. The first-order valence-electron chi connectivity index (χ1n) is 8.61. The third-order valence-electron chi connectivity index (χ3n) is 4.83. The van der Waals surface area contributed by atoms with Gasteiger partial charge in [0.1, 0.15) is 11.9 Å². The van der Waals surface area contributed by atoms with E-state index in [1.165, 1.54) is 12.1 Å². The molecule has 1 aromatic rings. The summed E-state index contributed by atoms with van der Waals surface area (Å²) in [6.07, 6.45) is 7.81. The summed E-state index contributed by atoms with van der Waals surface area (Å²) in [5.41, 5.74) is 0.890. The molecule has 2 aliphatic rings. The van der Waals surface area contributed by atoms with E-state index in [9.17, 15) is 13.2 Å². The Kier molecular flexibility index (Phi) is 5.23. The molecule has 8 heteroatoms. The van der Waals surface area contributed by atoms with Crippen LogP contribution >= 0.6 is 0 Å². The van der Waals surface area contributed by atoms with Crippen molar-refractivity contribution < 1.29 is 17.9 Å². The highest BCUT2D eigenvalue weighted by molar-refractivity contribution is 7.89. The van der Waals surface area contributed by atoms with E-state index in [0.29, 0.717) is 30.8 Å². The summed E-state index contributed by atoms with van der Waals surface area (Å²) in [5.74, 6) is 2.71. The predicted octanol–water partition coefficient (Wildman–Crippen LogP) is 0.485. The first-order chi connectivity index (χ1) is 12.3. The van der Waals surface area contributed by atoms with Gasteiger partial charge in [0.05, 0.1) is 17.0 Å². The van der Waals surface area contributed by atoms with Crippen LogP contribution < -0.4 is 15.2 Å². The molecule has 1 fully saturated rings. The number of terminal acetylenes is 1. The van der Waals surface area contributed by atoms with Crippen LogP contribution in [-0.2, 0) is 16.4 Å². The maximum absolute atomic E-state index is 12.7. The average molecular weight is 377 g/mol. The van der Waals surface area contributed by atoms with Gasteiger partial charge in [-0.2, -0.15) is 0 Å². The number of primary sulfonamides is 1. The minimum atomic E-state index is -3.91. The van der Waals surface area contributed by atoms with Crippen LogP contribution in [0.25, 0.3) is 0 Å². The lowest BCUT2D eigenvalue weighted by atomic mass is 10.1. The zero-order valence-electron chi connectivity index (χ0n) is 14.7. The Morgan fingerprint density at radius 2 is 2.27 bits per heavy atom. The fraction of sp³-hybridized carbons (Fsp3) is 0.500. The number of carbonyl (C=O) groups is 1. The second-order valence-corrected chi connectivity index (χ2v) is 8.38. The van der Waals surface area contributed by atoms with Crippen LogP contribution in [0.3, 0.4) is 0 Å². The summed E-state index contributed by atoms with van der Waals surface area (Å²) in [7, 11) is -3.91. The maximum atomic E-state index is 12.7. The number of nitrogens with zero attached hydrogens (tertiary/aromatic N) is 1. The molecule has 1 amide bonds. The number of hydrogen-bond donors (Lipinski definition) is 2. The van der Waals surface area contributed by atoms with Gasteiger partial charge >= 0.3 is 0 Å². The van der Waals surface area contributed by atoms with Gasteiger partial charge in [-0.1, -0.05) is 5.92 Å².